The number of hydrogen-bond acceptors (Lipinski definition) is 7. The fourth-order valence-electron chi connectivity index (χ4n) is 4.71. The Balaban J connectivity index is 1.67. The lowest BCUT2D eigenvalue weighted by molar-refractivity contribution is -0.151. The van der Waals surface area contributed by atoms with Crippen molar-refractivity contribution in [2.75, 3.05) is 39.6 Å². The standard InChI is InChI=1S/C33H44N2O7/c36-18-20-40-19-17-34-31(37)22-28-15-9-1-2-10-16-29(21-26-11-5-3-6-12-26)33(39)42-25-30(35-32(28)38)24-41-23-27-13-7-4-8-14-27/h1,3-9,11-14,28-30,36H,2,10,15-25H2,(H,34,37)(H,35,38)/t28-,29-,30+/m1/s1. The van der Waals surface area contributed by atoms with Gasteiger partial charge in [0, 0.05) is 13.0 Å². The highest BCUT2D eigenvalue weighted by molar-refractivity contribution is 5.86. The fourth-order valence-corrected chi connectivity index (χ4v) is 4.71. The summed E-state index contributed by atoms with van der Waals surface area (Å²) in [5.74, 6) is -1.73. The van der Waals surface area contributed by atoms with Gasteiger partial charge in [-0.25, -0.2) is 0 Å². The predicted molar refractivity (Wildman–Crippen MR) is 159 cm³/mol. The number of carbonyl (C=O) groups excluding carboxylic acids is 3. The van der Waals surface area contributed by atoms with E-state index < -0.39 is 12.0 Å². The highest BCUT2D eigenvalue weighted by Gasteiger charge is 2.26. The molecular formula is C33H44N2O7. The van der Waals surface area contributed by atoms with Crippen LogP contribution >= 0.6 is 0 Å². The van der Waals surface area contributed by atoms with E-state index in [2.05, 4.69) is 10.6 Å². The number of ether oxygens (including phenoxy) is 3. The molecule has 1 aliphatic rings. The molecule has 0 saturated heterocycles. The number of allylic oxidation sites excluding steroid dienone is 2. The summed E-state index contributed by atoms with van der Waals surface area (Å²) in [6.45, 7) is 1.17. The van der Waals surface area contributed by atoms with Gasteiger partial charge >= 0.3 is 5.97 Å². The SMILES string of the molecule is O=C(C[C@H]1CC=CCCC[C@H](Cc2ccccc2)C(=O)OC[C@H](COCc2ccccc2)NC1=O)NCCOCCO. The number of aliphatic hydroxyl groups excluding tert-OH is 1. The molecule has 0 saturated carbocycles. The number of cyclic esters (lactones) is 1. The second-order valence-electron chi connectivity index (χ2n) is 10.4. The molecule has 2 amide bonds. The number of aliphatic hydroxyl groups is 1. The first-order valence-corrected chi connectivity index (χ1v) is 14.8. The van der Waals surface area contributed by atoms with Gasteiger partial charge in [0.1, 0.15) is 6.61 Å². The minimum absolute atomic E-state index is 0.00665. The second kappa shape index (κ2) is 19.6. The van der Waals surface area contributed by atoms with Crippen LogP contribution in [0.4, 0.5) is 0 Å². The minimum Gasteiger partial charge on any atom is -0.463 e. The van der Waals surface area contributed by atoms with E-state index in [1.54, 1.807) is 0 Å². The third kappa shape index (κ3) is 13.0. The third-order valence-electron chi connectivity index (χ3n) is 6.98. The molecule has 3 atom stereocenters. The maximum Gasteiger partial charge on any atom is 0.309 e. The molecule has 0 unspecified atom stereocenters. The Morgan fingerprint density at radius 3 is 2.43 bits per heavy atom. The molecule has 9 heteroatoms. The summed E-state index contributed by atoms with van der Waals surface area (Å²) >= 11 is 0. The third-order valence-corrected chi connectivity index (χ3v) is 6.98. The van der Waals surface area contributed by atoms with Crippen molar-refractivity contribution in [1.82, 2.24) is 10.6 Å². The van der Waals surface area contributed by atoms with Crippen LogP contribution in [0, 0.1) is 11.8 Å². The van der Waals surface area contributed by atoms with Gasteiger partial charge in [0.15, 0.2) is 0 Å². The van der Waals surface area contributed by atoms with Crippen molar-refractivity contribution in [3.05, 3.63) is 83.9 Å². The first-order chi connectivity index (χ1) is 20.5. The van der Waals surface area contributed by atoms with E-state index in [9.17, 15) is 14.4 Å². The summed E-state index contributed by atoms with van der Waals surface area (Å²) in [5, 5.41) is 14.5. The quantitative estimate of drug-likeness (QED) is 0.189. The average Bonchev–Trinajstić information content (AvgIpc) is 3.00. The Morgan fingerprint density at radius 1 is 0.952 bits per heavy atom. The monoisotopic (exact) mass is 580 g/mol. The zero-order valence-corrected chi connectivity index (χ0v) is 24.2. The van der Waals surface area contributed by atoms with Crippen molar-refractivity contribution in [2.24, 2.45) is 11.8 Å². The Morgan fingerprint density at radius 2 is 1.69 bits per heavy atom. The zero-order chi connectivity index (χ0) is 29.8. The van der Waals surface area contributed by atoms with Crippen molar-refractivity contribution in [3.8, 4) is 0 Å². The van der Waals surface area contributed by atoms with Crippen LogP contribution in [-0.4, -0.2) is 68.5 Å². The largest absolute Gasteiger partial charge is 0.463 e. The van der Waals surface area contributed by atoms with E-state index in [1.165, 1.54) is 0 Å². The molecule has 228 valence electrons. The van der Waals surface area contributed by atoms with Crippen molar-refractivity contribution < 1.29 is 33.7 Å². The van der Waals surface area contributed by atoms with Crippen LogP contribution in [0.5, 0.6) is 0 Å². The Hall–Kier alpha value is -3.53. The van der Waals surface area contributed by atoms with Crippen LogP contribution in [0.25, 0.3) is 0 Å². The average molecular weight is 581 g/mol. The predicted octanol–water partition coefficient (Wildman–Crippen LogP) is 3.35. The van der Waals surface area contributed by atoms with E-state index in [0.717, 1.165) is 24.0 Å². The van der Waals surface area contributed by atoms with Gasteiger partial charge in [-0.2, -0.15) is 0 Å². The lowest BCUT2D eigenvalue weighted by Gasteiger charge is -2.24. The van der Waals surface area contributed by atoms with E-state index in [0.29, 0.717) is 32.4 Å². The highest BCUT2D eigenvalue weighted by Crippen LogP contribution is 2.19. The van der Waals surface area contributed by atoms with Crippen LogP contribution in [0.1, 0.15) is 43.2 Å². The summed E-state index contributed by atoms with van der Waals surface area (Å²) in [7, 11) is 0. The Bertz CT molecular complexity index is 1090. The lowest BCUT2D eigenvalue weighted by atomic mass is 9.93. The number of hydrogen-bond donors (Lipinski definition) is 3. The number of benzene rings is 2. The number of nitrogens with one attached hydrogen (secondary N) is 2. The molecule has 3 rings (SSSR count). The smallest absolute Gasteiger partial charge is 0.309 e. The normalized spacial score (nSPS) is 20.3. The van der Waals surface area contributed by atoms with Crippen LogP contribution < -0.4 is 10.6 Å². The van der Waals surface area contributed by atoms with E-state index >= 15 is 0 Å². The first-order valence-electron chi connectivity index (χ1n) is 14.8. The molecule has 0 bridgehead atoms. The van der Waals surface area contributed by atoms with E-state index in [-0.39, 0.29) is 63.2 Å². The maximum absolute atomic E-state index is 13.4. The molecule has 9 nitrogen and oxygen atoms in total. The van der Waals surface area contributed by atoms with E-state index in [4.69, 9.17) is 19.3 Å². The number of carbonyl (C=O) groups is 3. The zero-order valence-electron chi connectivity index (χ0n) is 24.2. The van der Waals surface area contributed by atoms with E-state index in [1.807, 2.05) is 72.8 Å². The highest BCUT2D eigenvalue weighted by atomic mass is 16.5. The van der Waals surface area contributed by atoms with Crippen LogP contribution in [0.2, 0.25) is 0 Å². The van der Waals surface area contributed by atoms with Crippen LogP contribution in [0.15, 0.2) is 72.8 Å². The molecule has 3 N–H and O–H groups in total. The van der Waals surface area contributed by atoms with Gasteiger partial charge in [-0.05, 0) is 43.2 Å². The summed E-state index contributed by atoms with van der Waals surface area (Å²) in [4.78, 5) is 39.2. The van der Waals surface area contributed by atoms with Gasteiger partial charge in [-0.1, -0.05) is 72.8 Å². The van der Waals surface area contributed by atoms with Crippen molar-refractivity contribution >= 4 is 17.8 Å². The first kappa shape index (κ1) is 33.0. The molecule has 1 aliphatic heterocycles. The molecule has 2 aromatic rings. The van der Waals surface area contributed by atoms with Gasteiger partial charge in [0.25, 0.3) is 0 Å². The molecular weight excluding hydrogens is 536 g/mol. The second-order valence-corrected chi connectivity index (χ2v) is 10.4. The molecule has 0 aromatic heterocycles. The van der Waals surface area contributed by atoms with Crippen LogP contribution in [0.3, 0.4) is 0 Å². The summed E-state index contributed by atoms with van der Waals surface area (Å²) in [5.41, 5.74) is 2.07. The van der Waals surface area contributed by atoms with Gasteiger partial charge in [-0.15, -0.1) is 0 Å². The molecule has 0 radical (unpaired) electrons. The molecule has 0 spiro atoms. The molecule has 0 aliphatic carbocycles. The van der Waals surface area contributed by atoms with Crippen molar-refractivity contribution in [3.63, 3.8) is 0 Å². The molecule has 1 heterocycles. The van der Waals surface area contributed by atoms with Crippen molar-refractivity contribution in [2.45, 2.75) is 51.2 Å². The van der Waals surface area contributed by atoms with Gasteiger partial charge < -0.3 is 30.0 Å². The summed E-state index contributed by atoms with van der Waals surface area (Å²) in [6, 6.07) is 19.0. The molecule has 0 fully saturated rings. The lowest BCUT2D eigenvalue weighted by Crippen LogP contribution is -2.46. The fraction of sp³-hybridized carbons (Fsp3) is 0.485. The van der Waals surface area contributed by atoms with Gasteiger partial charge in [-0.3, -0.25) is 14.4 Å². The number of amides is 2. The summed E-state index contributed by atoms with van der Waals surface area (Å²) < 4.78 is 16.9. The Kier molecular flexibility index (Phi) is 15.4. The number of rotatable bonds is 13. The Labute approximate surface area is 248 Å². The minimum atomic E-state index is -0.597. The summed E-state index contributed by atoms with van der Waals surface area (Å²) in [6.07, 6.45) is 7.21. The van der Waals surface area contributed by atoms with Gasteiger partial charge in [0.05, 0.1) is 50.9 Å². The van der Waals surface area contributed by atoms with Crippen molar-refractivity contribution in [1.29, 1.82) is 0 Å². The van der Waals surface area contributed by atoms with Crippen LogP contribution in [-0.2, 0) is 41.6 Å². The maximum atomic E-state index is 13.4. The topological polar surface area (TPSA) is 123 Å². The molecule has 2 aromatic carbocycles. The van der Waals surface area contributed by atoms with Gasteiger partial charge in [0.2, 0.25) is 11.8 Å². The number of esters is 1. The molecule has 42 heavy (non-hydrogen) atoms.